The third-order valence-corrected chi connectivity index (χ3v) is 3.09. The Morgan fingerprint density at radius 1 is 1.13 bits per heavy atom. The Morgan fingerprint density at radius 2 is 1.83 bits per heavy atom. The van der Waals surface area contributed by atoms with Crippen molar-refractivity contribution in [1.29, 1.82) is 0 Å². The number of carbonyl (C=O) groups is 3. The van der Waals surface area contributed by atoms with E-state index in [1.54, 1.807) is 0 Å². The van der Waals surface area contributed by atoms with E-state index in [4.69, 9.17) is 21.1 Å². The number of amides is 3. The Kier molecular flexibility index (Phi) is 7.69. The van der Waals surface area contributed by atoms with Crippen LogP contribution in [-0.4, -0.2) is 45.5 Å². The summed E-state index contributed by atoms with van der Waals surface area (Å²) in [4.78, 5) is 33.6. The molecular weight excluding hydrogens is 326 g/mol. The summed E-state index contributed by atoms with van der Waals surface area (Å²) in [6.07, 6.45) is 1.07. The van der Waals surface area contributed by atoms with Crippen LogP contribution in [-0.2, 0) is 14.4 Å². The van der Waals surface area contributed by atoms with Crippen molar-refractivity contribution in [2.75, 3.05) is 32.6 Å². The number of methoxy groups -OCH3 is 2. The zero-order chi connectivity index (χ0) is 17.2. The first-order valence-electron chi connectivity index (χ1n) is 6.71. The molecule has 0 heterocycles. The van der Waals surface area contributed by atoms with Crippen LogP contribution >= 0.6 is 11.6 Å². The highest BCUT2D eigenvalue weighted by Crippen LogP contribution is 2.35. The van der Waals surface area contributed by atoms with Gasteiger partial charge in [0.2, 0.25) is 6.41 Å². The number of rotatable bonds is 8. The molecule has 9 heteroatoms. The molecule has 3 amide bonds. The maximum absolute atomic E-state index is 11.9. The standard InChI is InChI=1S/C14H18ClN3O5/c1-22-11-7-10(12(23-2)6-9(11)15)18-14(21)13(20)17-5-3-4-16-8-19/h6-8H,3-5H2,1-2H3,(H,16,19)(H,17,20)(H,18,21). The monoisotopic (exact) mass is 343 g/mol. The second kappa shape index (κ2) is 9.52. The SMILES string of the molecule is COc1cc(NC(=O)C(=O)NCCCNC=O)c(OC)cc1Cl. The van der Waals surface area contributed by atoms with E-state index in [1.165, 1.54) is 26.4 Å². The predicted molar refractivity (Wildman–Crippen MR) is 84.9 cm³/mol. The minimum absolute atomic E-state index is 0.258. The van der Waals surface area contributed by atoms with Crippen molar-refractivity contribution in [3.05, 3.63) is 17.2 Å². The molecule has 0 aliphatic heterocycles. The molecular formula is C14H18ClN3O5. The van der Waals surface area contributed by atoms with Crippen LogP contribution in [0.15, 0.2) is 12.1 Å². The summed E-state index contributed by atoms with van der Waals surface area (Å²) >= 11 is 5.96. The fourth-order valence-electron chi connectivity index (χ4n) is 1.67. The molecule has 0 aliphatic rings. The molecule has 0 saturated carbocycles. The number of hydrogen-bond acceptors (Lipinski definition) is 5. The Hall–Kier alpha value is -2.48. The molecule has 3 N–H and O–H groups in total. The van der Waals surface area contributed by atoms with Gasteiger partial charge in [-0.1, -0.05) is 11.6 Å². The van der Waals surface area contributed by atoms with E-state index < -0.39 is 11.8 Å². The normalized spacial score (nSPS) is 9.70. The Balaban J connectivity index is 2.65. The molecule has 0 radical (unpaired) electrons. The van der Waals surface area contributed by atoms with Gasteiger partial charge >= 0.3 is 11.8 Å². The minimum atomic E-state index is -0.851. The molecule has 0 unspecified atom stereocenters. The van der Waals surface area contributed by atoms with E-state index in [-0.39, 0.29) is 12.2 Å². The van der Waals surface area contributed by atoms with Crippen molar-refractivity contribution in [1.82, 2.24) is 10.6 Å². The quantitative estimate of drug-likeness (QED) is 0.363. The largest absolute Gasteiger partial charge is 0.495 e. The fourth-order valence-corrected chi connectivity index (χ4v) is 1.90. The van der Waals surface area contributed by atoms with E-state index in [0.29, 0.717) is 35.9 Å². The van der Waals surface area contributed by atoms with Crippen LogP contribution in [0.5, 0.6) is 11.5 Å². The average Bonchev–Trinajstić information content (AvgIpc) is 2.55. The molecule has 126 valence electrons. The van der Waals surface area contributed by atoms with Crippen LogP contribution in [0.25, 0.3) is 0 Å². The molecule has 23 heavy (non-hydrogen) atoms. The summed E-state index contributed by atoms with van der Waals surface area (Å²) in [6, 6.07) is 2.93. The Bertz CT molecular complexity index is 580. The topological polar surface area (TPSA) is 106 Å². The van der Waals surface area contributed by atoms with Gasteiger partial charge in [0, 0.05) is 25.2 Å². The van der Waals surface area contributed by atoms with Crippen molar-refractivity contribution in [2.45, 2.75) is 6.42 Å². The van der Waals surface area contributed by atoms with E-state index in [0.717, 1.165) is 0 Å². The van der Waals surface area contributed by atoms with E-state index in [9.17, 15) is 14.4 Å². The summed E-state index contributed by atoms with van der Waals surface area (Å²) in [5.41, 5.74) is 0.261. The van der Waals surface area contributed by atoms with Gasteiger partial charge in [0.05, 0.1) is 24.9 Å². The van der Waals surface area contributed by atoms with Gasteiger partial charge in [-0.2, -0.15) is 0 Å². The van der Waals surface area contributed by atoms with Crippen molar-refractivity contribution in [3.63, 3.8) is 0 Å². The zero-order valence-electron chi connectivity index (χ0n) is 12.8. The van der Waals surface area contributed by atoms with E-state index >= 15 is 0 Å². The fraction of sp³-hybridized carbons (Fsp3) is 0.357. The Morgan fingerprint density at radius 3 is 2.43 bits per heavy atom. The molecule has 0 spiro atoms. The summed E-state index contributed by atoms with van der Waals surface area (Å²) in [5.74, 6) is -1.02. The molecule has 0 aromatic heterocycles. The maximum Gasteiger partial charge on any atom is 0.313 e. The molecule has 0 saturated heterocycles. The summed E-state index contributed by atoms with van der Waals surface area (Å²) in [6.45, 7) is 0.668. The number of benzene rings is 1. The van der Waals surface area contributed by atoms with Gasteiger partial charge in [0.1, 0.15) is 11.5 Å². The predicted octanol–water partition coefficient (Wildman–Crippen LogP) is 0.548. The highest BCUT2D eigenvalue weighted by molar-refractivity contribution is 6.40. The van der Waals surface area contributed by atoms with Crippen molar-refractivity contribution >= 4 is 35.5 Å². The second-order valence-electron chi connectivity index (χ2n) is 4.32. The third kappa shape index (κ3) is 5.67. The molecule has 8 nitrogen and oxygen atoms in total. The maximum atomic E-state index is 11.9. The molecule has 1 rings (SSSR count). The summed E-state index contributed by atoms with van der Waals surface area (Å²) in [7, 11) is 2.84. The summed E-state index contributed by atoms with van der Waals surface area (Å²) in [5, 5.41) is 7.63. The highest BCUT2D eigenvalue weighted by Gasteiger charge is 2.17. The molecule has 1 aromatic carbocycles. The number of anilines is 1. The zero-order valence-corrected chi connectivity index (χ0v) is 13.5. The smallest absolute Gasteiger partial charge is 0.313 e. The number of ether oxygens (including phenoxy) is 2. The third-order valence-electron chi connectivity index (χ3n) is 2.80. The van der Waals surface area contributed by atoms with Crippen LogP contribution in [0.3, 0.4) is 0 Å². The minimum Gasteiger partial charge on any atom is -0.495 e. The first kappa shape index (κ1) is 18.6. The highest BCUT2D eigenvalue weighted by atomic mass is 35.5. The first-order valence-corrected chi connectivity index (χ1v) is 7.09. The van der Waals surface area contributed by atoms with Gasteiger partial charge in [0.25, 0.3) is 0 Å². The molecule has 0 fully saturated rings. The Labute approximate surface area is 138 Å². The molecule has 0 aliphatic carbocycles. The van der Waals surface area contributed by atoms with Crippen molar-refractivity contribution < 1.29 is 23.9 Å². The lowest BCUT2D eigenvalue weighted by molar-refractivity contribution is -0.136. The van der Waals surface area contributed by atoms with Crippen LogP contribution in [0.4, 0.5) is 5.69 Å². The average molecular weight is 344 g/mol. The van der Waals surface area contributed by atoms with Crippen molar-refractivity contribution in [3.8, 4) is 11.5 Å². The molecule has 0 bridgehead atoms. The first-order chi connectivity index (χ1) is 11.0. The van der Waals surface area contributed by atoms with Crippen LogP contribution in [0, 0.1) is 0 Å². The van der Waals surface area contributed by atoms with Gasteiger partial charge < -0.3 is 25.4 Å². The second-order valence-corrected chi connectivity index (χ2v) is 4.73. The lowest BCUT2D eigenvalue weighted by Gasteiger charge is -2.13. The van der Waals surface area contributed by atoms with Crippen LogP contribution < -0.4 is 25.4 Å². The molecule has 1 aromatic rings. The van der Waals surface area contributed by atoms with Crippen LogP contribution in [0.2, 0.25) is 5.02 Å². The lowest BCUT2D eigenvalue weighted by Crippen LogP contribution is -2.36. The van der Waals surface area contributed by atoms with Crippen LogP contribution in [0.1, 0.15) is 6.42 Å². The van der Waals surface area contributed by atoms with Crippen molar-refractivity contribution in [2.24, 2.45) is 0 Å². The lowest BCUT2D eigenvalue weighted by atomic mass is 10.2. The number of carbonyl (C=O) groups excluding carboxylic acids is 3. The van der Waals surface area contributed by atoms with E-state index in [2.05, 4.69) is 16.0 Å². The van der Waals surface area contributed by atoms with Gasteiger partial charge in [-0.3, -0.25) is 14.4 Å². The van der Waals surface area contributed by atoms with Gasteiger partial charge in [-0.25, -0.2) is 0 Å². The van der Waals surface area contributed by atoms with Gasteiger partial charge in [-0.15, -0.1) is 0 Å². The number of halogens is 1. The number of nitrogens with one attached hydrogen (secondary N) is 3. The van der Waals surface area contributed by atoms with Gasteiger partial charge in [-0.05, 0) is 6.42 Å². The number of hydrogen-bond donors (Lipinski definition) is 3. The van der Waals surface area contributed by atoms with E-state index in [1.807, 2.05) is 0 Å². The van der Waals surface area contributed by atoms with Gasteiger partial charge in [0.15, 0.2) is 0 Å². The molecule has 0 atom stereocenters. The summed E-state index contributed by atoms with van der Waals surface area (Å²) < 4.78 is 10.2.